The summed E-state index contributed by atoms with van der Waals surface area (Å²) in [6.07, 6.45) is 0. The molecule has 5 heteroatoms. The molecule has 4 aromatic rings. The lowest BCUT2D eigenvalue weighted by Crippen LogP contribution is -2.23. The topological polar surface area (TPSA) is 74.5 Å². The zero-order valence-electron chi connectivity index (χ0n) is 14.2. The van der Waals surface area contributed by atoms with E-state index in [0.717, 1.165) is 16.8 Å². The van der Waals surface area contributed by atoms with Gasteiger partial charge in [-0.05, 0) is 30.7 Å². The zero-order chi connectivity index (χ0) is 18.1. The second kappa shape index (κ2) is 6.34. The predicted molar refractivity (Wildman–Crippen MR) is 101 cm³/mol. The molecule has 0 atom stereocenters. The molecule has 0 amide bonds. The number of nitrogens with zero attached hydrogens (tertiary/aromatic N) is 3. The van der Waals surface area contributed by atoms with Gasteiger partial charge in [0.1, 0.15) is 11.5 Å². The molecule has 2 aromatic heterocycles. The molecular formula is C21H16N4O. The van der Waals surface area contributed by atoms with Crippen molar-refractivity contribution in [1.29, 1.82) is 5.26 Å². The van der Waals surface area contributed by atoms with E-state index in [1.807, 2.05) is 55.5 Å². The average molecular weight is 340 g/mol. The highest BCUT2D eigenvalue weighted by Crippen LogP contribution is 2.20. The summed E-state index contributed by atoms with van der Waals surface area (Å²) in [7, 11) is 0. The van der Waals surface area contributed by atoms with Crippen molar-refractivity contribution in [3.05, 3.63) is 87.8 Å². The van der Waals surface area contributed by atoms with E-state index in [0.29, 0.717) is 29.0 Å². The summed E-state index contributed by atoms with van der Waals surface area (Å²) in [6, 6.07) is 20.9. The molecule has 0 bridgehead atoms. The van der Waals surface area contributed by atoms with E-state index < -0.39 is 0 Å². The third kappa shape index (κ3) is 2.78. The summed E-state index contributed by atoms with van der Waals surface area (Å²) in [6.45, 7) is 2.30. The van der Waals surface area contributed by atoms with E-state index in [1.165, 1.54) is 0 Å². The number of nitriles is 1. The van der Waals surface area contributed by atoms with Crippen molar-refractivity contribution < 1.29 is 0 Å². The number of benzene rings is 2. The molecule has 0 aliphatic rings. The first-order valence-electron chi connectivity index (χ1n) is 8.30. The number of aromatic nitrogens is 3. The summed E-state index contributed by atoms with van der Waals surface area (Å²) in [5.74, 6) is 0.620. The first-order valence-corrected chi connectivity index (χ1v) is 8.30. The van der Waals surface area contributed by atoms with E-state index in [9.17, 15) is 4.79 Å². The van der Waals surface area contributed by atoms with Crippen molar-refractivity contribution in [3.8, 4) is 17.5 Å². The molecule has 1 N–H and O–H groups in total. The van der Waals surface area contributed by atoms with Crippen LogP contribution in [0.15, 0.2) is 65.5 Å². The van der Waals surface area contributed by atoms with Crippen LogP contribution in [0.25, 0.3) is 22.4 Å². The minimum atomic E-state index is -0.0810. The summed E-state index contributed by atoms with van der Waals surface area (Å²) in [5, 5.41) is 9.54. The number of nitrogens with one attached hydrogen (secondary N) is 1. The molecule has 0 aliphatic heterocycles. The van der Waals surface area contributed by atoms with Gasteiger partial charge >= 0.3 is 0 Å². The smallest absolute Gasteiger partial charge is 0.263 e. The second-order valence-electron chi connectivity index (χ2n) is 6.22. The quantitative estimate of drug-likeness (QED) is 0.619. The number of H-pyrrole nitrogens is 1. The monoisotopic (exact) mass is 340 g/mol. The van der Waals surface area contributed by atoms with Gasteiger partial charge in [0.05, 0.1) is 23.6 Å². The molecule has 2 heterocycles. The van der Waals surface area contributed by atoms with Gasteiger partial charge in [-0.1, -0.05) is 42.5 Å². The third-order valence-electron chi connectivity index (χ3n) is 4.34. The second-order valence-corrected chi connectivity index (χ2v) is 6.22. The average Bonchev–Trinajstić information content (AvgIpc) is 3.06. The molecule has 26 heavy (non-hydrogen) atoms. The van der Waals surface area contributed by atoms with Crippen LogP contribution in [0.1, 0.15) is 16.8 Å². The third-order valence-corrected chi connectivity index (χ3v) is 4.34. The van der Waals surface area contributed by atoms with Gasteiger partial charge in [0.15, 0.2) is 0 Å². The fourth-order valence-electron chi connectivity index (χ4n) is 3.06. The number of hydrogen-bond acceptors (Lipinski definition) is 3. The van der Waals surface area contributed by atoms with Gasteiger partial charge in [-0.15, -0.1) is 0 Å². The maximum atomic E-state index is 13.1. The van der Waals surface area contributed by atoms with Gasteiger partial charge in [0.2, 0.25) is 0 Å². The Labute approximate surface area is 150 Å². The standard InChI is InChI=1S/C21H16N4O/c1-14-11-18-19(23-14)24-20(17-5-3-2-4-6-17)25(21(18)26)13-16-9-7-15(12-22)8-10-16/h2-11,23H,13H2,1H3. The molecule has 0 aliphatic carbocycles. The molecule has 0 saturated heterocycles. The maximum absolute atomic E-state index is 13.1. The largest absolute Gasteiger partial charge is 0.343 e. The van der Waals surface area contributed by atoms with E-state index in [4.69, 9.17) is 10.2 Å². The van der Waals surface area contributed by atoms with Crippen molar-refractivity contribution in [3.63, 3.8) is 0 Å². The van der Waals surface area contributed by atoms with Crippen LogP contribution in [-0.4, -0.2) is 14.5 Å². The highest BCUT2D eigenvalue weighted by atomic mass is 16.1. The Balaban J connectivity index is 1.92. The van der Waals surface area contributed by atoms with Crippen LogP contribution < -0.4 is 5.56 Å². The molecular weight excluding hydrogens is 324 g/mol. The minimum absolute atomic E-state index is 0.0810. The number of rotatable bonds is 3. The lowest BCUT2D eigenvalue weighted by Gasteiger charge is -2.13. The van der Waals surface area contributed by atoms with Crippen LogP contribution in [0.4, 0.5) is 0 Å². The van der Waals surface area contributed by atoms with Crippen LogP contribution in [0.5, 0.6) is 0 Å². The van der Waals surface area contributed by atoms with Crippen molar-refractivity contribution in [1.82, 2.24) is 14.5 Å². The van der Waals surface area contributed by atoms with Crippen LogP contribution in [-0.2, 0) is 6.54 Å². The van der Waals surface area contributed by atoms with Crippen molar-refractivity contribution in [2.45, 2.75) is 13.5 Å². The molecule has 0 radical (unpaired) electrons. The first-order chi connectivity index (χ1) is 12.7. The van der Waals surface area contributed by atoms with Gasteiger partial charge in [0, 0.05) is 11.3 Å². The van der Waals surface area contributed by atoms with Gasteiger partial charge in [-0.25, -0.2) is 4.98 Å². The maximum Gasteiger partial charge on any atom is 0.263 e. The Morgan fingerprint density at radius 2 is 1.85 bits per heavy atom. The predicted octanol–water partition coefficient (Wildman–Crippen LogP) is 3.62. The number of aryl methyl sites for hydroxylation is 1. The Morgan fingerprint density at radius 3 is 2.54 bits per heavy atom. The lowest BCUT2D eigenvalue weighted by molar-refractivity contribution is 0.759. The van der Waals surface area contributed by atoms with Crippen molar-refractivity contribution >= 4 is 11.0 Å². The number of fused-ring (bicyclic) bond motifs is 1. The molecule has 0 unspecified atom stereocenters. The van der Waals surface area contributed by atoms with Crippen LogP contribution in [0.2, 0.25) is 0 Å². The summed E-state index contributed by atoms with van der Waals surface area (Å²) < 4.78 is 1.69. The van der Waals surface area contributed by atoms with Gasteiger partial charge in [-0.2, -0.15) is 5.26 Å². The summed E-state index contributed by atoms with van der Waals surface area (Å²) in [5.41, 5.74) is 3.84. The first kappa shape index (κ1) is 15.9. The van der Waals surface area contributed by atoms with E-state index >= 15 is 0 Å². The Morgan fingerprint density at radius 1 is 1.12 bits per heavy atom. The SMILES string of the molecule is Cc1cc2c(=O)n(Cc3ccc(C#N)cc3)c(-c3ccccc3)nc2[nH]1. The molecule has 0 saturated carbocycles. The van der Waals surface area contributed by atoms with E-state index in [1.54, 1.807) is 16.7 Å². The molecule has 2 aromatic carbocycles. The lowest BCUT2D eigenvalue weighted by atomic mass is 10.1. The van der Waals surface area contributed by atoms with Crippen molar-refractivity contribution in [2.24, 2.45) is 0 Å². The van der Waals surface area contributed by atoms with E-state index in [-0.39, 0.29) is 5.56 Å². The van der Waals surface area contributed by atoms with E-state index in [2.05, 4.69) is 11.1 Å². The van der Waals surface area contributed by atoms with Gasteiger partial charge in [0.25, 0.3) is 5.56 Å². The van der Waals surface area contributed by atoms with Crippen LogP contribution in [0.3, 0.4) is 0 Å². The highest BCUT2D eigenvalue weighted by molar-refractivity contribution is 5.78. The van der Waals surface area contributed by atoms with Gasteiger partial charge in [-0.3, -0.25) is 9.36 Å². The fraction of sp³-hybridized carbons (Fsp3) is 0.0952. The Kier molecular flexibility index (Phi) is 3.86. The number of aromatic amines is 1. The zero-order valence-corrected chi connectivity index (χ0v) is 14.2. The van der Waals surface area contributed by atoms with Crippen LogP contribution >= 0.6 is 0 Å². The summed E-state index contributed by atoms with van der Waals surface area (Å²) >= 11 is 0. The van der Waals surface area contributed by atoms with Gasteiger partial charge < -0.3 is 4.98 Å². The number of hydrogen-bond donors (Lipinski definition) is 1. The van der Waals surface area contributed by atoms with Crippen LogP contribution in [0, 0.1) is 18.3 Å². The molecule has 0 spiro atoms. The molecule has 4 rings (SSSR count). The Hall–Kier alpha value is -3.65. The fourth-order valence-corrected chi connectivity index (χ4v) is 3.06. The normalized spacial score (nSPS) is 10.8. The molecule has 5 nitrogen and oxygen atoms in total. The Bertz CT molecular complexity index is 1180. The molecule has 0 fully saturated rings. The molecule has 126 valence electrons. The highest BCUT2D eigenvalue weighted by Gasteiger charge is 2.14. The van der Waals surface area contributed by atoms with Crippen molar-refractivity contribution in [2.75, 3.05) is 0 Å². The minimum Gasteiger partial charge on any atom is -0.343 e. The summed E-state index contributed by atoms with van der Waals surface area (Å²) in [4.78, 5) is 21.0.